The fourth-order valence-electron chi connectivity index (χ4n) is 2.11. The molecule has 0 spiro atoms. The van der Waals surface area contributed by atoms with Crippen molar-refractivity contribution in [3.05, 3.63) is 18.0 Å². The van der Waals surface area contributed by atoms with Crippen molar-refractivity contribution < 1.29 is 0 Å². The lowest BCUT2D eigenvalue weighted by Crippen LogP contribution is -2.14. The van der Waals surface area contributed by atoms with Crippen LogP contribution in [0.25, 0.3) is 0 Å². The summed E-state index contributed by atoms with van der Waals surface area (Å²) >= 11 is 0. The summed E-state index contributed by atoms with van der Waals surface area (Å²) in [5, 5.41) is 4.68. The largest absolute Gasteiger partial charge is 0.269 e. The van der Waals surface area contributed by atoms with E-state index in [2.05, 4.69) is 42.8 Å². The normalized spacial score (nSPS) is 19.1. The minimum absolute atomic E-state index is 0.184. The fraction of sp³-hybridized carbons (Fsp3) is 0.750. The third kappa shape index (κ3) is 1.84. The van der Waals surface area contributed by atoms with Crippen LogP contribution < -0.4 is 0 Å². The van der Waals surface area contributed by atoms with Gasteiger partial charge in [0.05, 0.1) is 11.7 Å². The van der Waals surface area contributed by atoms with Gasteiger partial charge in [-0.1, -0.05) is 33.6 Å². The molecule has 0 aromatic carbocycles. The highest BCUT2D eigenvalue weighted by atomic mass is 15.3. The van der Waals surface area contributed by atoms with Crippen LogP contribution in [0.15, 0.2) is 12.3 Å². The van der Waals surface area contributed by atoms with Gasteiger partial charge in [-0.05, 0) is 18.9 Å². The first-order chi connectivity index (χ1) is 6.57. The Kier molecular flexibility index (Phi) is 2.38. The van der Waals surface area contributed by atoms with Gasteiger partial charge >= 0.3 is 0 Å². The third-order valence-electron chi connectivity index (χ3n) is 3.08. The zero-order valence-corrected chi connectivity index (χ0v) is 9.45. The van der Waals surface area contributed by atoms with Gasteiger partial charge in [-0.2, -0.15) is 5.10 Å². The van der Waals surface area contributed by atoms with Crippen molar-refractivity contribution in [2.75, 3.05) is 0 Å². The van der Waals surface area contributed by atoms with Gasteiger partial charge in [-0.25, -0.2) is 0 Å². The van der Waals surface area contributed by atoms with E-state index in [1.807, 2.05) is 0 Å². The molecule has 2 nitrogen and oxygen atoms in total. The molecular formula is C12H20N2. The van der Waals surface area contributed by atoms with Crippen molar-refractivity contribution in [3.63, 3.8) is 0 Å². The maximum atomic E-state index is 4.68. The summed E-state index contributed by atoms with van der Waals surface area (Å²) in [4.78, 5) is 0. The highest BCUT2D eigenvalue weighted by Gasteiger charge is 2.21. The molecule has 14 heavy (non-hydrogen) atoms. The van der Waals surface area contributed by atoms with Gasteiger partial charge in [0.15, 0.2) is 0 Å². The van der Waals surface area contributed by atoms with Crippen LogP contribution in [0.5, 0.6) is 0 Å². The zero-order chi connectivity index (χ0) is 10.2. The predicted molar refractivity (Wildman–Crippen MR) is 58.4 cm³/mol. The van der Waals surface area contributed by atoms with Gasteiger partial charge in [0.25, 0.3) is 0 Å². The van der Waals surface area contributed by atoms with Gasteiger partial charge in [0.2, 0.25) is 0 Å². The van der Waals surface area contributed by atoms with Gasteiger partial charge in [-0.15, -0.1) is 0 Å². The van der Waals surface area contributed by atoms with Crippen molar-refractivity contribution in [1.29, 1.82) is 0 Å². The highest BCUT2D eigenvalue weighted by Crippen LogP contribution is 2.30. The quantitative estimate of drug-likeness (QED) is 0.667. The second-order valence-corrected chi connectivity index (χ2v) is 5.37. The molecule has 1 saturated carbocycles. The molecule has 0 N–H and O–H groups in total. The second kappa shape index (κ2) is 3.41. The summed E-state index contributed by atoms with van der Waals surface area (Å²) in [7, 11) is 0. The Morgan fingerprint density at radius 1 is 1.29 bits per heavy atom. The van der Waals surface area contributed by atoms with E-state index in [1.165, 1.54) is 31.4 Å². The molecule has 1 aromatic heterocycles. The Morgan fingerprint density at radius 3 is 2.43 bits per heavy atom. The van der Waals surface area contributed by atoms with Crippen molar-refractivity contribution in [3.8, 4) is 0 Å². The summed E-state index contributed by atoms with van der Waals surface area (Å²) in [6, 6.07) is 2.84. The van der Waals surface area contributed by atoms with Crippen LogP contribution >= 0.6 is 0 Å². The zero-order valence-electron chi connectivity index (χ0n) is 9.45. The molecule has 2 rings (SSSR count). The van der Waals surface area contributed by atoms with Crippen LogP contribution in [-0.2, 0) is 5.41 Å². The molecule has 0 aliphatic heterocycles. The van der Waals surface area contributed by atoms with Crippen LogP contribution in [0.4, 0.5) is 0 Å². The fourth-order valence-corrected chi connectivity index (χ4v) is 2.11. The second-order valence-electron chi connectivity index (χ2n) is 5.37. The summed E-state index contributed by atoms with van der Waals surface area (Å²) in [5.41, 5.74) is 1.40. The predicted octanol–water partition coefficient (Wildman–Crippen LogP) is 3.30. The number of hydrogen-bond donors (Lipinski definition) is 0. The smallest absolute Gasteiger partial charge is 0.0678 e. The van der Waals surface area contributed by atoms with Crippen LogP contribution in [0.1, 0.15) is 58.2 Å². The first-order valence-corrected chi connectivity index (χ1v) is 5.63. The van der Waals surface area contributed by atoms with E-state index in [1.54, 1.807) is 0 Å². The Balaban J connectivity index is 2.17. The van der Waals surface area contributed by atoms with Crippen LogP contribution in [0.2, 0.25) is 0 Å². The molecule has 1 aliphatic carbocycles. The molecule has 1 aromatic rings. The number of aromatic nitrogens is 2. The van der Waals surface area contributed by atoms with Crippen molar-refractivity contribution in [2.45, 2.75) is 57.9 Å². The molecule has 0 atom stereocenters. The van der Waals surface area contributed by atoms with E-state index in [0.29, 0.717) is 6.04 Å². The molecule has 1 fully saturated rings. The standard InChI is InChI=1S/C12H20N2/c1-12(2,3)11-8-9-14(13-11)10-6-4-5-7-10/h8-10H,4-7H2,1-3H3. The SMILES string of the molecule is CC(C)(C)c1ccn(C2CCCC2)n1. The maximum absolute atomic E-state index is 4.68. The van der Waals surface area contributed by atoms with E-state index < -0.39 is 0 Å². The van der Waals surface area contributed by atoms with E-state index in [9.17, 15) is 0 Å². The summed E-state index contributed by atoms with van der Waals surface area (Å²) in [6.07, 6.45) is 7.51. The lowest BCUT2D eigenvalue weighted by Gasteiger charge is -2.15. The Labute approximate surface area is 86.3 Å². The molecule has 1 heterocycles. The third-order valence-corrected chi connectivity index (χ3v) is 3.08. The molecule has 0 bridgehead atoms. The molecular weight excluding hydrogens is 172 g/mol. The first-order valence-electron chi connectivity index (χ1n) is 5.63. The molecule has 0 unspecified atom stereocenters. The summed E-state index contributed by atoms with van der Waals surface area (Å²) in [6.45, 7) is 6.65. The summed E-state index contributed by atoms with van der Waals surface area (Å²) in [5.74, 6) is 0. The lowest BCUT2D eigenvalue weighted by atomic mass is 9.93. The molecule has 0 radical (unpaired) electrons. The molecule has 1 aliphatic rings. The molecule has 0 amide bonds. The Hall–Kier alpha value is -0.790. The minimum Gasteiger partial charge on any atom is -0.269 e. The van der Waals surface area contributed by atoms with E-state index >= 15 is 0 Å². The Morgan fingerprint density at radius 2 is 1.93 bits per heavy atom. The van der Waals surface area contributed by atoms with Crippen LogP contribution in [0, 0.1) is 0 Å². The van der Waals surface area contributed by atoms with Crippen molar-refractivity contribution in [1.82, 2.24) is 9.78 Å². The number of rotatable bonds is 1. The van der Waals surface area contributed by atoms with Gasteiger partial charge in [0, 0.05) is 11.6 Å². The van der Waals surface area contributed by atoms with Crippen LogP contribution in [-0.4, -0.2) is 9.78 Å². The molecule has 0 saturated heterocycles. The molecule has 78 valence electrons. The lowest BCUT2D eigenvalue weighted by molar-refractivity contribution is 0.449. The average Bonchev–Trinajstić information content (AvgIpc) is 2.73. The summed E-state index contributed by atoms with van der Waals surface area (Å²) < 4.78 is 2.17. The monoisotopic (exact) mass is 192 g/mol. The van der Waals surface area contributed by atoms with Crippen LogP contribution in [0.3, 0.4) is 0 Å². The topological polar surface area (TPSA) is 17.8 Å². The molecule has 2 heteroatoms. The Bertz CT molecular complexity index is 300. The van der Waals surface area contributed by atoms with Gasteiger partial charge < -0.3 is 0 Å². The number of nitrogens with zero attached hydrogens (tertiary/aromatic N) is 2. The highest BCUT2D eigenvalue weighted by molar-refractivity contribution is 5.10. The minimum atomic E-state index is 0.184. The van der Waals surface area contributed by atoms with E-state index in [-0.39, 0.29) is 5.41 Å². The maximum Gasteiger partial charge on any atom is 0.0678 e. The van der Waals surface area contributed by atoms with Gasteiger partial charge in [0.1, 0.15) is 0 Å². The average molecular weight is 192 g/mol. The van der Waals surface area contributed by atoms with E-state index in [0.717, 1.165) is 0 Å². The van der Waals surface area contributed by atoms with Crippen molar-refractivity contribution in [2.24, 2.45) is 0 Å². The van der Waals surface area contributed by atoms with Crippen molar-refractivity contribution >= 4 is 0 Å². The first kappa shape index (κ1) is 9.75. The number of hydrogen-bond acceptors (Lipinski definition) is 1. The van der Waals surface area contributed by atoms with Gasteiger partial charge in [-0.3, -0.25) is 4.68 Å². The van der Waals surface area contributed by atoms with E-state index in [4.69, 9.17) is 0 Å².